The Morgan fingerprint density at radius 2 is 2.00 bits per heavy atom. The van der Waals surface area contributed by atoms with Gasteiger partial charge in [-0.05, 0) is 31.2 Å². The van der Waals surface area contributed by atoms with Gasteiger partial charge in [0.25, 0.3) is 0 Å². The molecule has 0 heterocycles. The van der Waals surface area contributed by atoms with E-state index < -0.39 is 10.0 Å². The lowest BCUT2D eigenvalue weighted by Gasteiger charge is -2.12. The van der Waals surface area contributed by atoms with Crippen LogP contribution >= 0.6 is 0 Å². The van der Waals surface area contributed by atoms with E-state index in [2.05, 4.69) is 23.9 Å². The topological polar surface area (TPSA) is 84.2 Å². The molecule has 0 bridgehead atoms. The first-order valence-electron chi connectivity index (χ1n) is 5.43. The molecule has 0 aliphatic heterocycles. The zero-order chi connectivity index (χ0) is 13.1. The van der Waals surface area contributed by atoms with Crippen LogP contribution in [0.15, 0.2) is 23.1 Å². The molecule has 5 nitrogen and oxygen atoms in total. The molecule has 0 spiro atoms. The quantitative estimate of drug-likeness (QED) is 0.693. The Bertz CT molecular complexity index is 483. The first kappa shape index (κ1) is 13.8. The van der Waals surface area contributed by atoms with Crippen molar-refractivity contribution < 1.29 is 8.42 Å². The van der Waals surface area contributed by atoms with Crippen LogP contribution in [0.4, 0.5) is 11.4 Å². The van der Waals surface area contributed by atoms with E-state index in [4.69, 9.17) is 5.73 Å². The summed E-state index contributed by atoms with van der Waals surface area (Å²) in [6.07, 6.45) is 0. The molecule has 96 valence electrons. The van der Waals surface area contributed by atoms with Crippen molar-refractivity contribution in [3.05, 3.63) is 18.2 Å². The number of sulfonamides is 1. The summed E-state index contributed by atoms with van der Waals surface area (Å²) in [7, 11) is -2.06. The van der Waals surface area contributed by atoms with Gasteiger partial charge in [0.15, 0.2) is 0 Å². The summed E-state index contributed by atoms with van der Waals surface area (Å²) in [5.74, 6) is 0.495. The van der Waals surface area contributed by atoms with Crippen LogP contribution in [-0.2, 0) is 10.0 Å². The van der Waals surface area contributed by atoms with Gasteiger partial charge >= 0.3 is 0 Å². The van der Waals surface area contributed by atoms with Gasteiger partial charge in [0, 0.05) is 6.54 Å². The Hall–Kier alpha value is -1.27. The summed E-state index contributed by atoms with van der Waals surface area (Å²) in [5.41, 5.74) is 6.99. The lowest BCUT2D eigenvalue weighted by Crippen LogP contribution is -2.19. The van der Waals surface area contributed by atoms with E-state index in [1.54, 1.807) is 6.07 Å². The molecule has 6 heteroatoms. The molecule has 4 N–H and O–H groups in total. The second-order valence-corrected chi connectivity index (χ2v) is 6.12. The summed E-state index contributed by atoms with van der Waals surface area (Å²) in [6.45, 7) is 4.97. The Morgan fingerprint density at radius 3 is 2.47 bits per heavy atom. The summed E-state index contributed by atoms with van der Waals surface area (Å²) in [5, 5.41) is 3.17. The van der Waals surface area contributed by atoms with Crippen LogP contribution in [-0.4, -0.2) is 22.0 Å². The van der Waals surface area contributed by atoms with Gasteiger partial charge in [-0.25, -0.2) is 13.1 Å². The highest BCUT2D eigenvalue weighted by atomic mass is 32.2. The third-order valence-electron chi connectivity index (χ3n) is 2.30. The van der Waals surface area contributed by atoms with E-state index in [1.807, 2.05) is 0 Å². The van der Waals surface area contributed by atoms with E-state index in [0.29, 0.717) is 11.6 Å². The average Bonchev–Trinajstić information content (AvgIpc) is 2.27. The van der Waals surface area contributed by atoms with E-state index in [9.17, 15) is 8.42 Å². The molecule has 0 fully saturated rings. The molecule has 1 aromatic carbocycles. The first-order chi connectivity index (χ1) is 7.86. The van der Waals surface area contributed by atoms with Crippen molar-refractivity contribution in [3.8, 4) is 0 Å². The van der Waals surface area contributed by atoms with Gasteiger partial charge in [0.05, 0.1) is 16.3 Å². The molecular weight excluding hydrogens is 238 g/mol. The van der Waals surface area contributed by atoms with E-state index in [-0.39, 0.29) is 4.90 Å². The highest BCUT2D eigenvalue weighted by Gasteiger charge is 2.12. The van der Waals surface area contributed by atoms with Gasteiger partial charge < -0.3 is 11.1 Å². The van der Waals surface area contributed by atoms with Gasteiger partial charge in [-0.3, -0.25) is 0 Å². The first-order valence-corrected chi connectivity index (χ1v) is 6.92. The van der Waals surface area contributed by atoms with Crippen molar-refractivity contribution in [2.24, 2.45) is 5.92 Å². The molecule has 0 radical (unpaired) electrons. The summed E-state index contributed by atoms with van der Waals surface area (Å²) in [4.78, 5) is 0.174. The fourth-order valence-electron chi connectivity index (χ4n) is 1.30. The maximum atomic E-state index is 11.5. The fourth-order valence-corrected chi connectivity index (χ4v) is 2.07. The second kappa shape index (κ2) is 5.37. The predicted molar refractivity (Wildman–Crippen MR) is 70.4 cm³/mol. The van der Waals surface area contributed by atoms with Crippen LogP contribution in [0, 0.1) is 5.92 Å². The average molecular weight is 257 g/mol. The minimum absolute atomic E-state index is 0.174. The highest BCUT2D eigenvalue weighted by molar-refractivity contribution is 7.89. The number of rotatable bonds is 5. The smallest absolute Gasteiger partial charge is 0.240 e. The van der Waals surface area contributed by atoms with Crippen LogP contribution in [0.3, 0.4) is 0 Å². The van der Waals surface area contributed by atoms with Gasteiger partial charge in [-0.15, -0.1) is 0 Å². The van der Waals surface area contributed by atoms with Gasteiger partial charge in [0.2, 0.25) is 10.0 Å². The zero-order valence-corrected chi connectivity index (χ0v) is 11.1. The van der Waals surface area contributed by atoms with E-state index in [1.165, 1.54) is 19.2 Å². The molecule has 0 atom stereocenters. The maximum Gasteiger partial charge on any atom is 0.240 e. The molecule has 1 aromatic rings. The summed E-state index contributed by atoms with van der Waals surface area (Å²) < 4.78 is 25.3. The maximum absolute atomic E-state index is 11.5. The Labute approximate surface area is 102 Å². The number of benzene rings is 1. The van der Waals surface area contributed by atoms with Crippen LogP contribution in [0.2, 0.25) is 0 Å². The van der Waals surface area contributed by atoms with E-state index >= 15 is 0 Å². The molecule has 17 heavy (non-hydrogen) atoms. The SMILES string of the molecule is CNS(=O)(=O)c1ccc(NCC(C)C)c(N)c1. The molecule has 0 unspecified atom stereocenters. The van der Waals surface area contributed by atoms with Crippen molar-refractivity contribution in [1.29, 1.82) is 0 Å². The van der Waals surface area contributed by atoms with Gasteiger partial charge in [-0.2, -0.15) is 0 Å². The van der Waals surface area contributed by atoms with Crippen LogP contribution in [0.1, 0.15) is 13.8 Å². The minimum atomic E-state index is -3.43. The van der Waals surface area contributed by atoms with Crippen LogP contribution < -0.4 is 15.8 Å². The van der Waals surface area contributed by atoms with Crippen molar-refractivity contribution >= 4 is 21.4 Å². The zero-order valence-electron chi connectivity index (χ0n) is 10.3. The van der Waals surface area contributed by atoms with Crippen molar-refractivity contribution in [1.82, 2.24) is 4.72 Å². The summed E-state index contributed by atoms with van der Waals surface area (Å²) >= 11 is 0. The lowest BCUT2D eigenvalue weighted by atomic mass is 10.2. The number of hydrogen-bond donors (Lipinski definition) is 3. The summed E-state index contributed by atoms with van der Waals surface area (Å²) in [6, 6.07) is 4.67. The molecule has 1 rings (SSSR count). The lowest BCUT2D eigenvalue weighted by molar-refractivity contribution is 0.588. The monoisotopic (exact) mass is 257 g/mol. The molecule has 0 aliphatic carbocycles. The van der Waals surface area contributed by atoms with Crippen LogP contribution in [0.25, 0.3) is 0 Å². The molecule has 0 aliphatic rings. The molecule has 0 amide bonds. The largest absolute Gasteiger partial charge is 0.397 e. The van der Waals surface area contributed by atoms with Crippen molar-refractivity contribution in [2.45, 2.75) is 18.7 Å². The minimum Gasteiger partial charge on any atom is -0.397 e. The molecular formula is C11H19N3O2S. The third kappa shape index (κ3) is 3.61. The van der Waals surface area contributed by atoms with E-state index in [0.717, 1.165) is 12.2 Å². The molecule has 0 saturated carbocycles. The molecule has 0 saturated heterocycles. The highest BCUT2D eigenvalue weighted by Crippen LogP contribution is 2.22. The fraction of sp³-hybridized carbons (Fsp3) is 0.455. The van der Waals surface area contributed by atoms with Gasteiger partial charge in [-0.1, -0.05) is 13.8 Å². The number of anilines is 2. The van der Waals surface area contributed by atoms with Gasteiger partial charge in [0.1, 0.15) is 0 Å². The third-order valence-corrected chi connectivity index (χ3v) is 3.71. The standard InChI is InChI=1S/C11H19N3O2S/c1-8(2)7-14-11-5-4-9(6-10(11)12)17(15,16)13-3/h4-6,8,13-14H,7,12H2,1-3H3. The van der Waals surface area contributed by atoms with Crippen molar-refractivity contribution in [2.75, 3.05) is 24.6 Å². The Morgan fingerprint density at radius 1 is 1.35 bits per heavy atom. The Balaban J connectivity index is 2.94. The second-order valence-electron chi connectivity index (χ2n) is 4.23. The number of nitrogens with one attached hydrogen (secondary N) is 2. The van der Waals surface area contributed by atoms with Crippen LogP contribution in [0.5, 0.6) is 0 Å². The Kier molecular flexibility index (Phi) is 4.36. The normalized spacial score (nSPS) is 11.8. The molecule has 0 aromatic heterocycles. The number of hydrogen-bond acceptors (Lipinski definition) is 4. The van der Waals surface area contributed by atoms with Crippen molar-refractivity contribution in [3.63, 3.8) is 0 Å². The number of nitrogen functional groups attached to an aromatic ring is 1. The number of nitrogens with two attached hydrogens (primary N) is 1. The predicted octanol–water partition coefficient (Wildman–Crippen LogP) is 1.24.